The second-order valence-corrected chi connectivity index (χ2v) is 2.81. The van der Waals surface area contributed by atoms with Crippen molar-refractivity contribution < 1.29 is 0 Å². The van der Waals surface area contributed by atoms with Gasteiger partial charge < -0.3 is 5.73 Å². The van der Waals surface area contributed by atoms with Gasteiger partial charge in [-0.05, 0) is 31.9 Å². The Kier molecular flexibility index (Phi) is 3.78. The quantitative estimate of drug-likeness (QED) is 0.470. The van der Waals surface area contributed by atoms with Gasteiger partial charge in [-0.15, -0.1) is 0 Å². The maximum atomic E-state index is 6.00. The zero-order valence-corrected chi connectivity index (χ0v) is 7.63. The maximum Gasteiger partial charge on any atom is 0.0373 e. The van der Waals surface area contributed by atoms with Crippen LogP contribution in [0.3, 0.4) is 0 Å². The minimum Gasteiger partial charge on any atom is -0.398 e. The molecule has 0 radical (unpaired) electrons. The number of rotatable bonds is 0. The Morgan fingerprint density at radius 3 is 1.67 bits per heavy atom. The number of anilines is 1. The van der Waals surface area contributed by atoms with Crippen molar-refractivity contribution in [3.63, 3.8) is 0 Å². The van der Waals surface area contributed by atoms with Crippen LogP contribution >= 0.6 is 0 Å². The smallest absolute Gasteiger partial charge is 0.0373 e. The van der Waals surface area contributed by atoms with E-state index in [0.717, 1.165) is 5.69 Å². The summed E-state index contributed by atoms with van der Waals surface area (Å²) in [4.78, 5) is 0. The molecule has 0 aliphatic rings. The Labute approximate surface area is 72.6 Å². The Morgan fingerprint density at radius 2 is 1.33 bits per heavy atom. The minimum atomic E-state index is 0.922. The standard InChI is InChI=1S/C9H13N.N2/c1-6-4-7(2)9(10)8(3)5-6;1-2/h4-5H,10H2,1-3H3;. The molecule has 0 saturated heterocycles. The molecule has 64 valence electrons. The fourth-order valence-electron chi connectivity index (χ4n) is 1.19. The van der Waals surface area contributed by atoms with E-state index in [0.29, 0.717) is 0 Å². The maximum absolute atomic E-state index is 6.00. The van der Waals surface area contributed by atoms with Crippen molar-refractivity contribution in [1.82, 2.24) is 0 Å². The van der Waals surface area contributed by atoms with E-state index in [-0.39, 0.29) is 0 Å². The van der Waals surface area contributed by atoms with Crippen LogP contribution in [0.2, 0.25) is 0 Å². The average molecular weight is 163 g/mol. The first-order valence-electron chi connectivity index (χ1n) is 3.64. The molecule has 3 heteroatoms. The molecule has 2 N–H and O–H groups in total. The van der Waals surface area contributed by atoms with Gasteiger partial charge in [-0.2, -0.15) is 0 Å². The number of nitrogen functional groups attached to an aromatic ring is 1. The predicted octanol–water partition coefficient (Wildman–Crippen LogP) is 2.22. The molecule has 0 spiro atoms. The molecule has 1 rings (SSSR count). The average Bonchev–Trinajstić information content (AvgIpc) is 2.04. The van der Waals surface area contributed by atoms with Gasteiger partial charge in [0.05, 0.1) is 0 Å². The molecular weight excluding hydrogens is 150 g/mol. The third-order valence-electron chi connectivity index (χ3n) is 1.74. The lowest BCUT2D eigenvalue weighted by Gasteiger charge is -2.04. The molecule has 0 saturated carbocycles. The van der Waals surface area contributed by atoms with Gasteiger partial charge in [-0.3, -0.25) is 0 Å². The van der Waals surface area contributed by atoms with Gasteiger partial charge in [-0.1, -0.05) is 17.7 Å². The first-order valence-corrected chi connectivity index (χ1v) is 3.64. The number of nitrogens with two attached hydrogens (primary N) is 1. The molecule has 1 aromatic rings. The summed E-state index contributed by atoms with van der Waals surface area (Å²) in [5, 5.41) is 12.0. The van der Waals surface area contributed by atoms with Crippen molar-refractivity contribution in [3.8, 4) is 0 Å². The number of hydrogen-bond donors (Lipinski definition) is 1. The van der Waals surface area contributed by atoms with Crippen LogP contribution in [0.25, 0.3) is 0 Å². The van der Waals surface area contributed by atoms with E-state index in [2.05, 4.69) is 19.1 Å². The van der Waals surface area contributed by atoms with Gasteiger partial charge in [-0.25, -0.2) is 0 Å². The monoisotopic (exact) mass is 163 g/mol. The molecule has 0 aliphatic heterocycles. The van der Waals surface area contributed by atoms with E-state index < -0.39 is 0 Å². The van der Waals surface area contributed by atoms with Crippen LogP contribution in [-0.4, -0.2) is 0 Å². The number of aryl methyl sites for hydroxylation is 3. The lowest BCUT2D eigenvalue weighted by atomic mass is 10.1. The lowest BCUT2D eigenvalue weighted by Crippen LogP contribution is -1.93. The van der Waals surface area contributed by atoms with E-state index in [1.807, 2.05) is 13.8 Å². The second-order valence-electron chi connectivity index (χ2n) is 2.81. The van der Waals surface area contributed by atoms with Crippen molar-refractivity contribution in [2.24, 2.45) is 0 Å². The molecule has 0 heterocycles. The van der Waals surface area contributed by atoms with Crippen LogP contribution in [0.4, 0.5) is 5.69 Å². The third-order valence-corrected chi connectivity index (χ3v) is 1.74. The molecule has 0 unspecified atom stereocenters. The fourth-order valence-corrected chi connectivity index (χ4v) is 1.19. The zero-order chi connectivity index (χ0) is 9.72. The molecule has 3 nitrogen and oxygen atoms in total. The zero-order valence-electron chi connectivity index (χ0n) is 7.63. The first-order chi connectivity index (χ1) is 5.61. The highest BCUT2D eigenvalue weighted by Crippen LogP contribution is 2.17. The normalized spacial score (nSPS) is 8.42. The van der Waals surface area contributed by atoms with Crippen molar-refractivity contribution in [2.75, 3.05) is 5.73 Å². The van der Waals surface area contributed by atoms with Crippen LogP contribution in [-0.2, 0) is 0 Å². The van der Waals surface area contributed by atoms with Gasteiger partial charge in [0.1, 0.15) is 0 Å². The van der Waals surface area contributed by atoms with Gasteiger partial charge in [0.15, 0.2) is 0 Å². The van der Waals surface area contributed by atoms with E-state index in [1.165, 1.54) is 16.7 Å². The summed E-state index contributed by atoms with van der Waals surface area (Å²) in [5.41, 5.74) is 10.3. The third kappa shape index (κ3) is 2.24. The number of benzene rings is 1. The van der Waals surface area contributed by atoms with Crippen molar-refractivity contribution in [1.29, 1.82) is 10.8 Å². The van der Waals surface area contributed by atoms with E-state index in [9.17, 15) is 0 Å². The van der Waals surface area contributed by atoms with Crippen LogP contribution in [0.1, 0.15) is 16.7 Å². The summed E-state index contributed by atoms with van der Waals surface area (Å²) in [6, 6.07) is 4.20. The molecular formula is C9H13N3. The molecule has 0 aromatic heterocycles. The molecule has 0 aliphatic carbocycles. The van der Waals surface area contributed by atoms with Crippen LogP contribution in [0.5, 0.6) is 0 Å². The lowest BCUT2D eigenvalue weighted by molar-refractivity contribution is 1.15. The van der Waals surface area contributed by atoms with Gasteiger partial charge >= 0.3 is 0 Å². The summed E-state index contributed by atoms with van der Waals surface area (Å²) in [6.45, 7) is 6.16. The van der Waals surface area contributed by atoms with E-state index in [1.54, 1.807) is 0 Å². The van der Waals surface area contributed by atoms with Crippen LogP contribution in [0, 0.1) is 31.6 Å². The molecule has 0 fully saturated rings. The Balaban J connectivity index is 0.000000561. The van der Waals surface area contributed by atoms with Crippen molar-refractivity contribution >= 4 is 5.69 Å². The Hall–Kier alpha value is -1.56. The van der Waals surface area contributed by atoms with Crippen LogP contribution in [0.15, 0.2) is 12.1 Å². The van der Waals surface area contributed by atoms with Gasteiger partial charge in [0, 0.05) is 16.5 Å². The minimum absolute atomic E-state index is 0.922. The van der Waals surface area contributed by atoms with Crippen molar-refractivity contribution in [3.05, 3.63) is 28.8 Å². The molecule has 12 heavy (non-hydrogen) atoms. The summed E-state index contributed by atoms with van der Waals surface area (Å²) >= 11 is 0. The highest BCUT2D eigenvalue weighted by atomic mass is 14.6. The first kappa shape index (κ1) is 10.4. The highest BCUT2D eigenvalue weighted by molar-refractivity contribution is 5.54. The number of nitrogens with zero attached hydrogens (tertiary/aromatic N) is 2. The molecule has 0 bridgehead atoms. The summed E-state index contributed by atoms with van der Waals surface area (Å²) in [5.74, 6) is 0. The Morgan fingerprint density at radius 1 is 1.00 bits per heavy atom. The van der Waals surface area contributed by atoms with Gasteiger partial charge in [0.2, 0.25) is 0 Å². The molecule has 0 atom stereocenters. The molecule has 1 aromatic carbocycles. The van der Waals surface area contributed by atoms with E-state index in [4.69, 9.17) is 16.5 Å². The highest BCUT2D eigenvalue weighted by Gasteiger charge is 1.96. The summed E-state index contributed by atoms with van der Waals surface area (Å²) in [7, 11) is 0. The topological polar surface area (TPSA) is 73.6 Å². The summed E-state index contributed by atoms with van der Waals surface area (Å²) < 4.78 is 0. The SMILES string of the molecule is Cc1cc(C)c(N)c(C)c1.N#N. The predicted molar refractivity (Wildman–Crippen MR) is 48.5 cm³/mol. The van der Waals surface area contributed by atoms with E-state index >= 15 is 0 Å². The number of hydrogen-bond acceptors (Lipinski definition) is 3. The second kappa shape index (κ2) is 4.35. The largest absolute Gasteiger partial charge is 0.398 e. The summed E-state index contributed by atoms with van der Waals surface area (Å²) in [6.07, 6.45) is 0. The van der Waals surface area contributed by atoms with Crippen LogP contribution < -0.4 is 5.73 Å². The van der Waals surface area contributed by atoms with Gasteiger partial charge in [0.25, 0.3) is 0 Å². The molecule has 0 amide bonds. The van der Waals surface area contributed by atoms with Crippen molar-refractivity contribution in [2.45, 2.75) is 20.8 Å². The Bertz CT molecular complexity index is 266. The fraction of sp³-hybridized carbons (Fsp3) is 0.333.